The van der Waals surface area contributed by atoms with Gasteiger partial charge in [-0.3, -0.25) is 0 Å². The van der Waals surface area contributed by atoms with E-state index < -0.39 is 24.5 Å². The summed E-state index contributed by atoms with van der Waals surface area (Å²) in [6.07, 6.45) is -1.84. The molecule has 1 aliphatic rings. The van der Waals surface area contributed by atoms with Crippen LogP contribution in [0.5, 0.6) is 0 Å². The lowest BCUT2D eigenvalue weighted by Gasteiger charge is -2.31. The van der Waals surface area contributed by atoms with Crippen molar-refractivity contribution in [1.82, 2.24) is 5.32 Å². The molecule has 0 aliphatic heterocycles. The maximum atomic E-state index is 11.7. The molecule has 0 unspecified atom stereocenters. The number of nitrogens with one attached hydrogen (secondary N) is 1. The van der Waals surface area contributed by atoms with Crippen LogP contribution in [0.25, 0.3) is 0 Å². The highest BCUT2D eigenvalue weighted by Gasteiger charge is 2.32. The van der Waals surface area contributed by atoms with Gasteiger partial charge in [-0.05, 0) is 12.8 Å². The Balaban J connectivity index is 2.23. The summed E-state index contributed by atoms with van der Waals surface area (Å²) < 4.78 is 39.2. The van der Waals surface area contributed by atoms with E-state index in [0.717, 1.165) is 19.3 Å². The lowest BCUT2D eigenvalue weighted by atomic mass is 9.85. The highest BCUT2D eigenvalue weighted by Crippen LogP contribution is 2.27. The molecule has 17 heavy (non-hydrogen) atoms. The number of alkyl halides is 3. The van der Waals surface area contributed by atoms with E-state index in [2.05, 4.69) is 10.1 Å². The highest BCUT2D eigenvalue weighted by molar-refractivity contribution is 5.67. The van der Waals surface area contributed by atoms with Crippen LogP contribution in [-0.4, -0.2) is 36.1 Å². The van der Waals surface area contributed by atoms with Gasteiger partial charge in [0.15, 0.2) is 6.61 Å². The minimum atomic E-state index is -4.53. The highest BCUT2D eigenvalue weighted by atomic mass is 19.4. The van der Waals surface area contributed by atoms with E-state index in [1.165, 1.54) is 0 Å². The van der Waals surface area contributed by atoms with Gasteiger partial charge in [-0.2, -0.15) is 13.2 Å². The standard InChI is InChI=1S/C10H16F3NO3/c11-10(12,13)7-17-8(15)14-6-9(16)4-2-1-3-5-9/h16H,1-7H2,(H,14,15). The van der Waals surface area contributed by atoms with Gasteiger partial charge in [0.1, 0.15) is 0 Å². The Morgan fingerprint density at radius 3 is 2.41 bits per heavy atom. The van der Waals surface area contributed by atoms with E-state index in [1.807, 2.05) is 0 Å². The number of amides is 1. The topological polar surface area (TPSA) is 58.6 Å². The summed E-state index contributed by atoms with van der Waals surface area (Å²) in [7, 11) is 0. The Morgan fingerprint density at radius 2 is 1.88 bits per heavy atom. The fourth-order valence-corrected chi connectivity index (χ4v) is 1.82. The van der Waals surface area contributed by atoms with Gasteiger partial charge in [-0.15, -0.1) is 0 Å². The van der Waals surface area contributed by atoms with Gasteiger partial charge in [-0.25, -0.2) is 4.79 Å². The third kappa shape index (κ3) is 5.76. The molecule has 1 aliphatic carbocycles. The average molecular weight is 255 g/mol. The van der Waals surface area contributed by atoms with Crippen LogP contribution in [0.2, 0.25) is 0 Å². The maximum Gasteiger partial charge on any atom is 0.422 e. The minimum Gasteiger partial charge on any atom is -0.440 e. The first kappa shape index (κ1) is 14.1. The zero-order valence-electron chi connectivity index (χ0n) is 9.35. The molecule has 0 spiro atoms. The summed E-state index contributed by atoms with van der Waals surface area (Å²) in [5.41, 5.74) is -1.00. The summed E-state index contributed by atoms with van der Waals surface area (Å²) in [4.78, 5) is 10.9. The number of halogens is 3. The molecular formula is C10H16F3NO3. The molecule has 100 valence electrons. The van der Waals surface area contributed by atoms with Crippen molar-refractivity contribution in [2.75, 3.05) is 13.2 Å². The molecule has 7 heteroatoms. The molecule has 4 nitrogen and oxygen atoms in total. The molecule has 0 aromatic heterocycles. The number of carbonyl (C=O) groups is 1. The van der Waals surface area contributed by atoms with E-state index in [4.69, 9.17) is 0 Å². The van der Waals surface area contributed by atoms with Gasteiger partial charge in [0.2, 0.25) is 0 Å². The number of aliphatic hydroxyl groups is 1. The van der Waals surface area contributed by atoms with Crippen LogP contribution in [0.15, 0.2) is 0 Å². The zero-order chi connectivity index (χ0) is 12.9. The van der Waals surface area contributed by atoms with Gasteiger partial charge < -0.3 is 15.2 Å². The molecule has 0 aromatic carbocycles. The quantitative estimate of drug-likeness (QED) is 0.810. The second-order valence-corrected chi connectivity index (χ2v) is 4.33. The van der Waals surface area contributed by atoms with Crippen molar-refractivity contribution >= 4 is 6.09 Å². The Morgan fingerprint density at radius 1 is 1.29 bits per heavy atom. The Bertz CT molecular complexity index is 262. The van der Waals surface area contributed by atoms with E-state index >= 15 is 0 Å². The average Bonchev–Trinajstić information content (AvgIpc) is 2.24. The zero-order valence-corrected chi connectivity index (χ0v) is 9.35. The van der Waals surface area contributed by atoms with Crippen molar-refractivity contribution in [1.29, 1.82) is 0 Å². The van der Waals surface area contributed by atoms with Crippen LogP contribution in [0.1, 0.15) is 32.1 Å². The SMILES string of the molecule is O=C(NCC1(O)CCCCC1)OCC(F)(F)F. The molecule has 0 saturated heterocycles. The lowest BCUT2D eigenvalue weighted by Crippen LogP contribution is -2.44. The number of ether oxygens (including phenoxy) is 1. The van der Waals surface area contributed by atoms with Crippen LogP contribution in [0, 0.1) is 0 Å². The molecule has 1 fully saturated rings. The van der Waals surface area contributed by atoms with E-state index in [1.54, 1.807) is 0 Å². The number of carbonyl (C=O) groups excluding carboxylic acids is 1. The molecule has 0 atom stereocenters. The van der Waals surface area contributed by atoms with Gasteiger partial charge in [0, 0.05) is 6.54 Å². The molecule has 1 saturated carbocycles. The van der Waals surface area contributed by atoms with Crippen molar-refractivity contribution in [3.05, 3.63) is 0 Å². The minimum absolute atomic E-state index is 0.0658. The smallest absolute Gasteiger partial charge is 0.422 e. The molecule has 0 radical (unpaired) electrons. The first-order valence-corrected chi connectivity index (χ1v) is 5.51. The molecule has 0 bridgehead atoms. The fraction of sp³-hybridized carbons (Fsp3) is 0.900. The second-order valence-electron chi connectivity index (χ2n) is 4.33. The Kier molecular flexibility index (Phi) is 4.62. The van der Waals surface area contributed by atoms with Crippen molar-refractivity contribution in [2.24, 2.45) is 0 Å². The molecule has 2 N–H and O–H groups in total. The van der Waals surface area contributed by atoms with Crippen molar-refractivity contribution in [3.63, 3.8) is 0 Å². The predicted molar refractivity (Wildman–Crippen MR) is 53.4 cm³/mol. The summed E-state index contributed by atoms with van der Waals surface area (Å²) in [6, 6.07) is 0. The molecule has 1 rings (SSSR count). The third-order valence-corrected chi connectivity index (χ3v) is 2.71. The second kappa shape index (κ2) is 5.57. The van der Waals surface area contributed by atoms with E-state index in [-0.39, 0.29) is 6.54 Å². The fourth-order valence-electron chi connectivity index (χ4n) is 1.82. The van der Waals surface area contributed by atoms with Crippen LogP contribution >= 0.6 is 0 Å². The summed E-state index contributed by atoms with van der Waals surface area (Å²) in [5, 5.41) is 12.1. The molecule has 1 amide bonds. The van der Waals surface area contributed by atoms with Crippen molar-refractivity contribution < 1.29 is 27.8 Å². The van der Waals surface area contributed by atoms with Crippen molar-refractivity contribution in [3.8, 4) is 0 Å². The Labute approximate surface area is 97.1 Å². The summed E-state index contributed by atoms with van der Waals surface area (Å²) >= 11 is 0. The number of rotatable bonds is 3. The summed E-state index contributed by atoms with van der Waals surface area (Å²) in [5.74, 6) is 0. The third-order valence-electron chi connectivity index (χ3n) is 2.71. The van der Waals surface area contributed by atoms with E-state index in [9.17, 15) is 23.1 Å². The summed E-state index contributed by atoms with van der Waals surface area (Å²) in [6.45, 7) is -1.68. The van der Waals surface area contributed by atoms with Crippen LogP contribution in [-0.2, 0) is 4.74 Å². The van der Waals surface area contributed by atoms with Gasteiger partial charge in [0.05, 0.1) is 5.60 Å². The monoisotopic (exact) mass is 255 g/mol. The molecule has 0 aromatic rings. The predicted octanol–water partition coefficient (Wildman–Crippen LogP) is 1.97. The number of hydrogen-bond donors (Lipinski definition) is 2. The molecule has 0 heterocycles. The van der Waals surface area contributed by atoms with Crippen LogP contribution in [0.4, 0.5) is 18.0 Å². The largest absolute Gasteiger partial charge is 0.440 e. The van der Waals surface area contributed by atoms with Crippen LogP contribution in [0.3, 0.4) is 0 Å². The van der Waals surface area contributed by atoms with Gasteiger partial charge in [-0.1, -0.05) is 19.3 Å². The maximum absolute atomic E-state index is 11.7. The van der Waals surface area contributed by atoms with Crippen LogP contribution < -0.4 is 5.32 Å². The number of alkyl carbamates (subject to hydrolysis) is 1. The molecular weight excluding hydrogens is 239 g/mol. The van der Waals surface area contributed by atoms with Gasteiger partial charge in [0.25, 0.3) is 0 Å². The van der Waals surface area contributed by atoms with E-state index in [0.29, 0.717) is 12.8 Å². The first-order valence-electron chi connectivity index (χ1n) is 5.51. The van der Waals surface area contributed by atoms with Gasteiger partial charge >= 0.3 is 12.3 Å². The lowest BCUT2D eigenvalue weighted by molar-refractivity contribution is -0.160. The number of hydrogen-bond acceptors (Lipinski definition) is 3. The van der Waals surface area contributed by atoms with Crippen molar-refractivity contribution in [2.45, 2.75) is 43.9 Å². The normalized spacial score (nSPS) is 19.8. The Hall–Kier alpha value is -0.980. The first-order chi connectivity index (χ1) is 7.81.